The van der Waals surface area contributed by atoms with Crippen molar-refractivity contribution in [3.05, 3.63) is 57.0 Å². The number of halogens is 2. The van der Waals surface area contributed by atoms with E-state index >= 15 is 0 Å². The van der Waals surface area contributed by atoms with Gasteiger partial charge in [-0.2, -0.15) is 0 Å². The first kappa shape index (κ1) is 13.2. The van der Waals surface area contributed by atoms with E-state index < -0.39 is 0 Å². The average molecular weight is 326 g/mol. The smallest absolute Gasteiger partial charge is 0.0491 e. The molecule has 2 rings (SSSR count). The molecule has 4 heteroatoms. The van der Waals surface area contributed by atoms with Crippen molar-refractivity contribution in [1.29, 1.82) is 0 Å². The van der Waals surface area contributed by atoms with E-state index in [1.165, 1.54) is 0 Å². The summed E-state index contributed by atoms with van der Waals surface area (Å²) in [5.74, 6) is 0. The summed E-state index contributed by atoms with van der Waals surface area (Å²) in [6.45, 7) is 2.67. The minimum absolute atomic E-state index is 0.682. The molecule has 0 aliphatic rings. The third kappa shape index (κ3) is 2.98. The van der Waals surface area contributed by atoms with Crippen LogP contribution in [0.3, 0.4) is 0 Å². The number of rotatable bonds is 3. The zero-order valence-corrected chi connectivity index (χ0v) is 12.3. The summed E-state index contributed by atoms with van der Waals surface area (Å²) in [4.78, 5) is 0. The van der Waals surface area contributed by atoms with Crippen LogP contribution in [0.2, 0.25) is 5.02 Å². The Bertz CT molecular complexity index is 570. The Kier molecular flexibility index (Phi) is 4.15. The van der Waals surface area contributed by atoms with Gasteiger partial charge < -0.3 is 11.1 Å². The monoisotopic (exact) mass is 324 g/mol. The maximum absolute atomic E-state index is 6.12. The Balaban J connectivity index is 2.16. The molecule has 94 valence electrons. The molecule has 0 atom stereocenters. The van der Waals surface area contributed by atoms with Crippen LogP contribution < -0.4 is 11.1 Å². The number of hydrogen-bond acceptors (Lipinski definition) is 2. The van der Waals surface area contributed by atoms with Gasteiger partial charge in [0, 0.05) is 27.4 Å². The van der Waals surface area contributed by atoms with Crippen LogP contribution in [-0.2, 0) is 6.54 Å². The summed E-state index contributed by atoms with van der Waals surface area (Å²) in [6.07, 6.45) is 0. The first-order chi connectivity index (χ1) is 8.58. The lowest BCUT2D eigenvalue weighted by molar-refractivity contribution is 1.14. The van der Waals surface area contributed by atoms with E-state index in [2.05, 4.69) is 21.2 Å². The Labute approximate surface area is 120 Å². The van der Waals surface area contributed by atoms with Gasteiger partial charge in [0.1, 0.15) is 0 Å². The number of aryl methyl sites for hydroxylation is 1. The highest BCUT2D eigenvalue weighted by Gasteiger charge is 2.04. The molecule has 2 aromatic carbocycles. The molecule has 0 heterocycles. The van der Waals surface area contributed by atoms with Crippen LogP contribution >= 0.6 is 27.5 Å². The first-order valence-corrected chi connectivity index (χ1v) is 6.78. The molecular formula is C14H14BrClN2. The number of anilines is 2. The molecule has 2 nitrogen and oxygen atoms in total. The van der Waals surface area contributed by atoms with Gasteiger partial charge in [-0.1, -0.05) is 29.8 Å². The van der Waals surface area contributed by atoms with E-state index in [4.69, 9.17) is 17.3 Å². The van der Waals surface area contributed by atoms with Gasteiger partial charge in [-0.15, -0.1) is 0 Å². The van der Waals surface area contributed by atoms with Crippen molar-refractivity contribution in [2.24, 2.45) is 0 Å². The minimum Gasteiger partial charge on any atom is -0.398 e. The number of hydrogen-bond donors (Lipinski definition) is 2. The Morgan fingerprint density at radius 1 is 1.28 bits per heavy atom. The van der Waals surface area contributed by atoms with E-state index in [0.29, 0.717) is 6.54 Å². The standard InChI is InChI=1S/C14H14BrClN2/c1-9-6-14(11(15)7-13(9)17)18-8-10-4-2-3-5-12(10)16/h2-7,18H,8,17H2,1H3. The van der Waals surface area contributed by atoms with Crippen LogP contribution in [0.15, 0.2) is 40.9 Å². The summed E-state index contributed by atoms with van der Waals surface area (Å²) in [6, 6.07) is 11.7. The van der Waals surface area contributed by atoms with Crippen LogP contribution in [0.1, 0.15) is 11.1 Å². The predicted molar refractivity (Wildman–Crippen MR) is 82.1 cm³/mol. The average Bonchev–Trinajstić information content (AvgIpc) is 2.34. The molecule has 0 aromatic heterocycles. The van der Waals surface area contributed by atoms with Crippen LogP contribution in [-0.4, -0.2) is 0 Å². The lowest BCUT2D eigenvalue weighted by Gasteiger charge is -2.12. The second-order valence-electron chi connectivity index (χ2n) is 4.13. The largest absolute Gasteiger partial charge is 0.398 e. The van der Waals surface area contributed by atoms with E-state index in [-0.39, 0.29) is 0 Å². The highest BCUT2D eigenvalue weighted by atomic mass is 79.9. The molecule has 0 bridgehead atoms. The Hall–Kier alpha value is -1.19. The molecule has 2 aromatic rings. The van der Waals surface area contributed by atoms with E-state index in [0.717, 1.165) is 32.0 Å². The third-order valence-corrected chi connectivity index (χ3v) is 3.81. The summed E-state index contributed by atoms with van der Waals surface area (Å²) in [5, 5.41) is 4.12. The SMILES string of the molecule is Cc1cc(NCc2ccccc2Cl)c(Br)cc1N. The molecule has 0 saturated carbocycles. The van der Waals surface area contributed by atoms with E-state index in [1.807, 2.05) is 43.3 Å². The molecular weight excluding hydrogens is 312 g/mol. The fraction of sp³-hybridized carbons (Fsp3) is 0.143. The fourth-order valence-corrected chi connectivity index (χ4v) is 2.37. The van der Waals surface area contributed by atoms with Crippen molar-refractivity contribution in [3.63, 3.8) is 0 Å². The molecule has 0 aliphatic heterocycles. The second kappa shape index (κ2) is 5.63. The molecule has 0 saturated heterocycles. The second-order valence-corrected chi connectivity index (χ2v) is 5.40. The number of nitrogen functional groups attached to an aromatic ring is 1. The Morgan fingerprint density at radius 2 is 2.00 bits per heavy atom. The van der Waals surface area contributed by atoms with Crippen LogP contribution in [0, 0.1) is 6.92 Å². The molecule has 3 N–H and O–H groups in total. The predicted octanol–water partition coefficient (Wildman–Crippen LogP) is 4.61. The van der Waals surface area contributed by atoms with E-state index in [1.54, 1.807) is 0 Å². The van der Waals surface area contributed by atoms with Crippen molar-refractivity contribution in [1.82, 2.24) is 0 Å². The zero-order valence-electron chi connectivity index (χ0n) is 10.0. The quantitative estimate of drug-likeness (QED) is 0.809. The number of benzene rings is 2. The minimum atomic E-state index is 0.682. The maximum Gasteiger partial charge on any atom is 0.0491 e. The molecule has 0 amide bonds. The van der Waals surface area contributed by atoms with Crippen LogP contribution in [0.25, 0.3) is 0 Å². The van der Waals surface area contributed by atoms with Gasteiger partial charge in [-0.25, -0.2) is 0 Å². The van der Waals surface area contributed by atoms with Gasteiger partial charge in [0.25, 0.3) is 0 Å². The molecule has 0 radical (unpaired) electrons. The van der Waals surface area contributed by atoms with Crippen molar-refractivity contribution >= 4 is 38.9 Å². The number of nitrogens with one attached hydrogen (secondary N) is 1. The van der Waals surface area contributed by atoms with Gasteiger partial charge in [0.05, 0.1) is 0 Å². The van der Waals surface area contributed by atoms with Gasteiger partial charge in [-0.3, -0.25) is 0 Å². The van der Waals surface area contributed by atoms with Gasteiger partial charge >= 0.3 is 0 Å². The normalized spacial score (nSPS) is 10.4. The third-order valence-electron chi connectivity index (χ3n) is 2.78. The van der Waals surface area contributed by atoms with Gasteiger partial charge in [-0.05, 0) is 52.2 Å². The summed E-state index contributed by atoms with van der Waals surface area (Å²) in [5.41, 5.74) is 9.77. The van der Waals surface area contributed by atoms with Gasteiger partial charge in [0.15, 0.2) is 0 Å². The summed E-state index contributed by atoms with van der Waals surface area (Å²) < 4.78 is 0.956. The molecule has 0 unspecified atom stereocenters. The van der Waals surface area contributed by atoms with Gasteiger partial charge in [0.2, 0.25) is 0 Å². The summed E-state index contributed by atoms with van der Waals surface area (Å²) >= 11 is 9.61. The molecule has 0 spiro atoms. The van der Waals surface area contributed by atoms with Crippen LogP contribution in [0.4, 0.5) is 11.4 Å². The lowest BCUT2D eigenvalue weighted by Crippen LogP contribution is -2.02. The zero-order chi connectivity index (χ0) is 13.1. The van der Waals surface area contributed by atoms with Crippen molar-refractivity contribution < 1.29 is 0 Å². The van der Waals surface area contributed by atoms with Crippen LogP contribution in [0.5, 0.6) is 0 Å². The molecule has 0 aliphatic carbocycles. The highest BCUT2D eigenvalue weighted by molar-refractivity contribution is 9.10. The lowest BCUT2D eigenvalue weighted by atomic mass is 10.1. The first-order valence-electron chi connectivity index (χ1n) is 5.61. The van der Waals surface area contributed by atoms with Crippen molar-refractivity contribution in [3.8, 4) is 0 Å². The fourth-order valence-electron chi connectivity index (χ4n) is 1.66. The van der Waals surface area contributed by atoms with Crippen molar-refractivity contribution in [2.75, 3.05) is 11.1 Å². The highest BCUT2D eigenvalue weighted by Crippen LogP contribution is 2.28. The maximum atomic E-state index is 6.12. The van der Waals surface area contributed by atoms with E-state index in [9.17, 15) is 0 Å². The molecule has 0 fully saturated rings. The Morgan fingerprint density at radius 3 is 2.72 bits per heavy atom. The topological polar surface area (TPSA) is 38.0 Å². The molecule has 18 heavy (non-hydrogen) atoms. The van der Waals surface area contributed by atoms with Crippen molar-refractivity contribution in [2.45, 2.75) is 13.5 Å². The summed E-state index contributed by atoms with van der Waals surface area (Å²) in [7, 11) is 0. The number of nitrogens with two attached hydrogens (primary N) is 1.